The molecule has 2 rings (SSSR count). The van der Waals surface area contributed by atoms with Gasteiger partial charge in [0.15, 0.2) is 11.5 Å². The van der Waals surface area contributed by atoms with E-state index in [1.54, 1.807) is 12.2 Å². The minimum absolute atomic E-state index is 0.0368. The summed E-state index contributed by atoms with van der Waals surface area (Å²) in [6, 6.07) is -0.494. The monoisotopic (exact) mass is 259 g/mol. The highest BCUT2D eigenvalue weighted by molar-refractivity contribution is 7.88. The fraction of sp³-hybridized carbons (Fsp3) is 0.444. The number of rotatable bonds is 2. The van der Waals surface area contributed by atoms with Crippen molar-refractivity contribution in [2.24, 2.45) is 16.0 Å². The van der Waals surface area contributed by atoms with Crippen LogP contribution in [0.4, 0.5) is 0 Å². The average molecular weight is 259 g/mol. The maximum absolute atomic E-state index is 11.4. The molecule has 3 N–H and O–H groups in total. The molecule has 0 aromatic heterocycles. The van der Waals surface area contributed by atoms with Crippen molar-refractivity contribution in [3.05, 3.63) is 23.7 Å². The van der Waals surface area contributed by atoms with Crippen LogP contribution in [0.5, 0.6) is 0 Å². The Kier molecular flexibility index (Phi) is 2.84. The zero-order chi connectivity index (χ0) is 12.6. The lowest BCUT2D eigenvalue weighted by atomic mass is 9.93. The lowest BCUT2D eigenvalue weighted by molar-refractivity contribution is 0.211. The number of nitrogens with zero attached hydrogens (tertiary/aromatic N) is 1. The van der Waals surface area contributed by atoms with Crippen molar-refractivity contribution in [3.63, 3.8) is 0 Å². The van der Waals surface area contributed by atoms with E-state index in [2.05, 4.69) is 9.12 Å². The number of nitrogens with one attached hydrogen (secondary N) is 1. The van der Waals surface area contributed by atoms with E-state index in [0.29, 0.717) is 11.5 Å². The first kappa shape index (κ1) is 11.9. The molecule has 0 amide bonds. The zero-order valence-electron chi connectivity index (χ0n) is 9.38. The summed E-state index contributed by atoms with van der Waals surface area (Å²) in [6.45, 7) is 0. The summed E-state index contributed by atoms with van der Waals surface area (Å²) in [5.74, 6) is 0.654. The average Bonchev–Trinajstić information content (AvgIpc) is 2.26. The van der Waals surface area contributed by atoms with Gasteiger partial charge in [0.25, 0.3) is 0 Å². The van der Waals surface area contributed by atoms with Crippen LogP contribution < -0.4 is 10.5 Å². The number of hydrogen-bond acceptors (Lipinski definition) is 5. The quantitative estimate of drug-likeness (QED) is 0.679. The molecule has 2 aliphatic rings. The van der Waals surface area contributed by atoms with Crippen LogP contribution in [0.2, 0.25) is 0 Å². The van der Waals surface area contributed by atoms with Crippen molar-refractivity contribution in [2.45, 2.75) is 6.04 Å². The molecular weight excluding hydrogens is 246 g/mol. The van der Waals surface area contributed by atoms with E-state index < -0.39 is 16.3 Å². The maximum atomic E-state index is 11.4. The second-order valence-electron chi connectivity index (χ2n) is 3.63. The van der Waals surface area contributed by atoms with Gasteiger partial charge in [0.1, 0.15) is 5.84 Å². The number of nitrogens with two attached hydrogens (primary N) is 1. The molecule has 2 unspecified atom stereocenters. The Balaban J connectivity index is 2.44. The fourth-order valence-corrected chi connectivity index (χ4v) is 2.82. The van der Waals surface area contributed by atoms with Gasteiger partial charge in [0.05, 0.1) is 26.2 Å². The molecule has 0 aromatic carbocycles. The van der Waals surface area contributed by atoms with Crippen molar-refractivity contribution in [3.8, 4) is 0 Å². The fourth-order valence-electron chi connectivity index (χ4n) is 1.81. The standard InChI is InChI=1S/C9H13N3O4S/c1-15-7-3-5-6(4-8(7)16-2)11-17(13,14)12-9(5)10/h3-6,11H,1-2H3,(H2,10,12). The van der Waals surface area contributed by atoms with Crippen LogP contribution >= 0.6 is 0 Å². The van der Waals surface area contributed by atoms with E-state index in [-0.39, 0.29) is 11.8 Å². The molecule has 7 nitrogen and oxygen atoms in total. The molecule has 94 valence electrons. The Morgan fingerprint density at radius 1 is 1.29 bits per heavy atom. The zero-order valence-corrected chi connectivity index (χ0v) is 10.2. The Morgan fingerprint density at radius 3 is 2.47 bits per heavy atom. The largest absolute Gasteiger partial charge is 0.493 e. The molecule has 0 fully saturated rings. The molecule has 1 aliphatic carbocycles. The molecule has 1 heterocycles. The summed E-state index contributed by atoms with van der Waals surface area (Å²) < 4.78 is 38.7. The second-order valence-corrected chi connectivity index (χ2v) is 5.00. The van der Waals surface area contributed by atoms with Gasteiger partial charge in [-0.25, -0.2) is 0 Å². The van der Waals surface area contributed by atoms with Crippen molar-refractivity contribution in [2.75, 3.05) is 14.2 Å². The first-order valence-corrected chi connectivity index (χ1v) is 6.30. The van der Waals surface area contributed by atoms with Crippen LogP contribution in [0.3, 0.4) is 0 Å². The third-order valence-corrected chi connectivity index (χ3v) is 3.60. The summed E-state index contributed by atoms with van der Waals surface area (Å²) >= 11 is 0. The van der Waals surface area contributed by atoms with Crippen LogP contribution in [0.1, 0.15) is 0 Å². The van der Waals surface area contributed by atoms with E-state index >= 15 is 0 Å². The number of hydrogen-bond donors (Lipinski definition) is 2. The third-order valence-electron chi connectivity index (χ3n) is 2.58. The molecule has 8 heteroatoms. The maximum Gasteiger partial charge on any atom is 0.322 e. The molecular formula is C9H13N3O4S. The van der Waals surface area contributed by atoms with Crippen LogP contribution in [0.15, 0.2) is 28.1 Å². The van der Waals surface area contributed by atoms with E-state index in [9.17, 15) is 8.42 Å². The highest BCUT2D eigenvalue weighted by Crippen LogP contribution is 2.27. The predicted octanol–water partition coefficient (Wildman–Crippen LogP) is -0.749. The van der Waals surface area contributed by atoms with Gasteiger partial charge in [-0.05, 0) is 12.2 Å². The van der Waals surface area contributed by atoms with Crippen LogP contribution in [0.25, 0.3) is 0 Å². The van der Waals surface area contributed by atoms with Crippen LogP contribution in [-0.4, -0.2) is 34.5 Å². The van der Waals surface area contributed by atoms with Gasteiger partial charge < -0.3 is 15.2 Å². The Morgan fingerprint density at radius 2 is 1.88 bits per heavy atom. The lowest BCUT2D eigenvalue weighted by Crippen LogP contribution is -2.49. The predicted molar refractivity (Wildman–Crippen MR) is 61.1 cm³/mol. The lowest BCUT2D eigenvalue weighted by Gasteiger charge is -2.30. The summed E-state index contributed by atoms with van der Waals surface area (Å²) in [6.07, 6.45) is 3.30. The molecule has 1 aliphatic heterocycles. The van der Waals surface area contributed by atoms with Crippen molar-refractivity contribution in [1.82, 2.24) is 4.72 Å². The van der Waals surface area contributed by atoms with E-state index in [1.165, 1.54) is 14.2 Å². The molecule has 0 saturated carbocycles. The van der Waals surface area contributed by atoms with Gasteiger partial charge in [-0.15, -0.1) is 4.40 Å². The minimum Gasteiger partial charge on any atom is -0.493 e. The van der Waals surface area contributed by atoms with Gasteiger partial charge in [-0.2, -0.15) is 13.1 Å². The van der Waals surface area contributed by atoms with Crippen molar-refractivity contribution in [1.29, 1.82) is 0 Å². The topological polar surface area (TPSA) is 103 Å². The van der Waals surface area contributed by atoms with Gasteiger partial charge in [0.2, 0.25) is 0 Å². The molecule has 0 bridgehead atoms. The summed E-state index contributed by atoms with van der Waals surface area (Å²) in [4.78, 5) is 0. The van der Waals surface area contributed by atoms with E-state index in [1.807, 2.05) is 0 Å². The Hall–Kier alpha value is -1.54. The number of amidine groups is 1. The van der Waals surface area contributed by atoms with Crippen LogP contribution in [0, 0.1) is 5.92 Å². The second kappa shape index (κ2) is 4.04. The summed E-state index contributed by atoms with van der Waals surface area (Å²) in [7, 11) is -0.736. The first-order valence-electron chi connectivity index (χ1n) is 4.86. The van der Waals surface area contributed by atoms with Gasteiger partial charge in [0, 0.05) is 0 Å². The first-order chi connectivity index (χ1) is 7.96. The van der Waals surface area contributed by atoms with E-state index in [0.717, 1.165) is 0 Å². The van der Waals surface area contributed by atoms with Gasteiger partial charge >= 0.3 is 10.2 Å². The molecule has 0 spiro atoms. The number of ether oxygens (including phenoxy) is 2. The SMILES string of the molecule is COC1=CC2NS(=O)(=O)N=C(N)C2C=C1OC. The normalized spacial score (nSPS) is 30.6. The highest BCUT2D eigenvalue weighted by atomic mass is 32.2. The number of methoxy groups -OCH3 is 2. The summed E-state index contributed by atoms with van der Waals surface area (Å²) in [5.41, 5.74) is 5.63. The summed E-state index contributed by atoms with van der Waals surface area (Å²) in [5, 5.41) is 0. The van der Waals surface area contributed by atoms with Crippen molar-refractivity contribution < 1.29 is 17.9 Å². The molecule has 17 heavy (non-hydrogen) atoms. The Labute approximate surface area is 99.2 Å². The van der Waals surface area contributed by atoms with Gasteiger partial charge in [-0.1, -0.05) is 0 Å². The van der Waals surface area contributed by atoms with Crippen LogP contribution in [-0.2, 0) is 19.7 Å². The highest BCUT2D eigenvalue weighted by Gasteiger charge is 2.35. The minimum atomic E-state index is -3.72. The van der Waals surface area contributed by atoms with E-state index in [4.69, 9.17) is 15.2 Å². The molecule has 2 atom stereocenters. The van der Waals surface area contributed by atoms with Gasteiger partial charge in [-0.3, -0.25) is 0 Å². The number of fused-ring (bicyclic) bond motifs is 1. The third kappa shape index (κ3) is 2.13. The van der Waals surface area contributed by atoms with Crippen molar-refractivity contribution >= 4 is 16.0 Å². The molecule has 0 aromatic rings. The molecule has 0 saturated heterocycles. The molecule has 0 radical (unpaired) electrons. The Bertz CT molecular complexity index is 520. The smallest absolute Gasteiger partial charge is 0.322 e.